The lowest BCUT2D eigenvalue weighted by Gasteiger charge is -2.09. The number of hydrogen-bond acceptors (Lipinski definition) is 5. The zero-order chi connectivity index (χ0) is 18.0. The molecule has 8 heteroatoms. The first-order valence-corrected chi connectivity index (χ1v) is 8.07. The van der Waals surface area contributed by atoms with Crippen LogP contribution in [-0.2, 0) is 11.2 Å². The van der Waals surface area contributed by atoms with E-state index in [4.69, 9.17) is 4.42 Å². The summed E-state index contributed by atoms with van der Waals surface area (Å²) in [4.78, 5) is 31.2. The summed E-state index contributed by atoms with van der Waals surface area (Å²) < 4.78 is 6.76. The molecule has 3 rings (SSSR count). The van der Waals surface area contributed by atoms with E-state index in [2.05, 4.69) is 20.4 Å². The predicted octanol–water partition coefficient (Wildman–Crippen LogP) is 2.43. The lowest BCUT2D eigenvalue weighted by atomic mass is 10.2. The molecule has 0 spiro atoms. The van der Waals surface area contributed by atoms with Gasteiger partial charge in [0.1, 0.15) is 11.5 Å². The monoisotopic (exact) mass is 341 g/mol. The van der Waals surface area contributed by atoms with E-state index in [0.717, 1.165) is 0 Å². The van der Waals surface area contributed by atoms with Gasteiger partial charge in [-0.1, -0.05) is 13.8 Å². The van der Waals surface area contributed by atoms with Crippen molar-refractivity contribution in [2.75, 3.05) is 5.32 Å². The van der Waals surface area contributed by atoms with E-state index < -0.39 is 0 Å². The molecule has 0 aromatic carbocycles. The highest BCUT2D eigenvalue weighted by atomic mass is 16.3. The van der Waals surface area contributed by atoms with Crippen LogP contribution in [0.3, 0.4) is 0 Å². The zero-order valence-corrected chi connectivity index (χ0v) is 14.3. The minimum atomic E-state index is -0.215. The molecule has 3 aromatic heterocycles. The van der Waals surface area contributed by atoms with Crippen LogP contribution in [0.5, 0.6) is 0 Å². The Morgan fingerprint density at radius 2 is 2.20 bits per heavy atom. The number of amides is 1. The predicted molar refractivity (Wildman–Crippen MR) is 92.7 cm³/mol. The Morgan fingerprint density at radius 3 is 2.80 bits per heavy atom. The van der Waals surface area contributed by atoms with Gasteiger partial charge in [0.05, 0.1) is 6.26 Å². The molecule has 0 fully saturated rings. The lowest BCUT2D eigenvalue weighted by Crippen LogP contribution is -2.21. The molecule has 25 heavy (non-hydrogen) atoms. The van der Waals surface area contributed by atoms with E-state index in [9.17, 15) is 9.59 Å². The van der Waals surface area contributed by atoms with Crippen molar-refractivity contribution in [2.45, 2.75) is 33.6 Å². The minimum absolute atomic E-state index is 0.170. The number of carbonyl (C=O) groups is 1. The first kappa shape index (κ1) is 16.7. The summed E-state index contributed by atoms with van der Waals surface area (Å²) in [6.07, 6.45) is 2.45. The van der Waals surface area contributed by atoms with Gasteiger partial charge < -0.3 is 9.73 Å². The number of aryl methyl sites for hydroxylation is 1. The third kappa shape index (κ3) is 3.23. The molecular weight excluding hydrogens is 322 g/mol. The lowest BCUT2D eigenvalue weighted by molar-refractivity contribution is -0.115. The summed E-state index contributed by atoms with van der Waals surface area (Å²) in [6.45, 7) is 5.43. The Hall–Kier alpha value is -3.16. The summed E-state index contributed by atoms with van der Waals surface area (Å²) in [5.41, 5.74) is 1.56. The maximum atomic E-state index is 12.2. The summed E-state index contributed by atoms with van der Waals surface area (Å²) in [6, 6.07) is 5.19. The number of anilines is 1. The second kappa shape index (κ2) is 6.76. The van der Waals surface area contributed by atoms with Crippen LogP contribution < -0.4 is 10.9 Å². The van der Waals surface area contributed by atoms with E-state index >= 15 is 0 Å². The van der Waals surface area contributed by atoms with Gasteiger partial charge in [-0.2, -0.15) is 9.78 Å². The van der Waals surface area contributed by atoms with Gasteiger partial charge in [-0.3, -0.25) is 14.6 Å². The highest BCUT2D eigenvalue weighted by Gasteiger charge is 2.17. The fourth-order valence-electron chi connectivity index (χ4n) is 2.52. The van der Waals surface area contributed by atoms with Gasteiger partial charge in [0.25, 0.3) is 5.56 Å². The summed E-state index contributed by atoms with van der Waals surface area (Å²) in [5, 5.41) is 7.19. The van der Waals surface area contributed by atoms with Crippen molar-refractivity contribution < 1.29 is 9.21 Å². The highest BCUT2D eigenvalue weighted by Crippen LogP contribution is 2.24. The minimum Gasteiger partial charge on any atom is -0.463 e. The Kier molecular flexibility index (Phi) is 4.51. The van der Waals surface area contributed by atoms with Crippen molar-refractivity contribution >= 4 is 11.7 Å². The Morgan fingerprint density at radius 1 is 1.40 bits per heavy atom. The molecule has 0 aliphatic heterocycles. The van der Waals surface area contributed by atoms with Crippen LogP contribution in [-0.4, -0.2) is 25.7 Å². The topological polar surface area (TPSA) is 106 Å². The molecule has 3 aromatic rings. The maximum Gasteiger partial charge on any atom is 0.255 e. The van der Waals surface area contributed by atoms with Gasteiger partial charge in [-0.15, -0.1) is 0 Å². The number of aromatic amines is 1. The first-order valence-electron chi connectivity index (χ1n) is 8.07. The Bertz CT molecular complexity index is 953. The molecule has 0 aliphatic carbocycles. The number of nitrogens with zero attached hydrogens (tertiary/aromatic N) is 3. The third-order valence-corrected chi connectivity index (χ3v) is 3.84. The van der Waals surface area contributed by atoms with Gasteiger partial charge in [0, 0.05) is 23.7 Å². The molecule has 0 radical (unpaired) electrons. The molecule has 0 unspecified atom stereocenters. The molecule has 1 amide bonds. The van der Waals surface area contributed by atoms with Crippen molar-refractivity contribution in [3.8, 4) is 17.4 Å². The fourth-order valence-corrected chi connectivity index (χ4v) is 2.52. The van der Waals surface area contributed by atoms with Crippen LogP contribution in [0.2, 0.25) is 0 Å². The van der Waals surface area contributed by atoms with Gasteiger partial charge >= 0.3 is 0 Å². The Balaban J connectivity index is 2.13. The molecule has 0 saturated heterocycles. The van der Waals surface area contributed by atoms with Gasteiger partial charge in [-0.05, 0) is 25.5 Å². The zero-order valence-electron chi connectivity index (χ0n) is 14.3. The number of H-pyrrole nitrogens is 1. The van der Waals surface area contributed by atoms with Gasteiger partial charge in [0.15, 0.2) is 5.76 Å². The van der Waals surface area contributed by atoms with Crippen LogP contribution in [0.4, 0.5) is 5.82 Å². The largest absolute Gasteiger partial charge is 0.463 e. The fraction of sp³-hybridized carbons (Fsp3) is 0.294. The summed E-state index contributed by atoms with van der Waals surface area (Å²) in [5.74, 6) is 1.03. The van der Waals surface area contributed by atoms with Crippen molar-refractivity contribution in [3.63, 3.8) is 0 Å². The average Bonchev–Trinajstić information content (AvgIpc) is 3.23. The number of nitrogens with one attached hydrogen (secondary N) is 2. The average molecular weight is 341 g/mol. The van der Waals surface area contributed by atoms with E-state index in [1.165, 1.54) is 4.68 Å². The molecule has 0 saturated carbocycles. The second-order valence-electron chi connectivity index (χ2n) is 5.51. The maximum absolute atomic E-state index is 12.2. The van der Waals surface area contributed by atoms with E-state index in [1.807, 2.05) is 6.92 Å². The van der Waals surface area contributed by atoms with Crippen molar-refractivity contribution in [1.82, 2.24) is 19.7 Å². The molecule has 130 valence electrons. The molecule has 0 bridgehead atoms. The quantitative estimate of drug-likeness (QED) is 0.741. The standard InChI is InChI=1S/C17H19N5O3/c1-4-11-10(3)18-17(20-16(11)24)22-14(19-15(23)5-2)9-12(21-22)13-7-6-8-25-13/h6-9H,4-5H2,1-3H3,(H,19,23)(H,18,20,24). The molecule has 2 N–H and O–H groups in total. The van der Waals surface area contributed by atoms with Crippen LogP contribution in [0.25, 0.3) is 17.4 Å². The number of carbonyl (C=O) groups excluding carboxylic acids is 1. The van der Waals surface area contributed by atoms with Crippen LogP contribution >= 0.6 is 0 Å². The summed E-state index contributed by atoms with van der Waals surface area (Å²) in [7, 11) is 0. The third-order valence-electron chi connectivity index (χ3n) is 3.84. The van der Waals surface area contributed by atoms with Crippen molar-refractivity contribution in [2.24, 2.45) is 0 Å². The number of aromatic nitrogens is 4. The van der Waals surface area contributed by atoms with E-state index in [1.54, 1.807) is 38.3 Å². The van der Waals surface area contributed by atoms with Gasteiger partial charge in [-0.25, -0.2) is 4.98 Å². The van der Waals surface area contributed by atoms with E-state index in [0.29, 0.717) is 41.4 Å². The Labute approximate surface area is 143 Å². The molecule has 0 atom stereocenters. The number of furan rings is 1. The molecule has 0 aliphatic rings. The first-order chi connectivity index (χ1) is 12.0. The normalized spacial score (nSPS) is 10.8. The highest BCUT2D eigenvalue weighted by molar-refractivity contribution is 5.90. The molecule has 8 nitrogen and oxygen atoms in total. The smallest absolute Gasteiger partial charge is 0.255 e. The number of rotatable bonds is 5. The molecular formula is C17H19N5O3. The molecule has 3 heterocycles. The van der Waals surface area contributed by atoms with Gasteiger partial charge in [0.2, 0.25) is 11.9 Å². The SMILES string of the molecule is CCC(=O)Nc1cc(-c2ccco2)nn1-c1nc(C)c(CC)c(=O)[nH]1. The van der Waals surface area contributed by atoms with E-state index in [-0.39, 0.29) is 17.4 Å². The number of hydrogen-bond donors (Lipinski definition) is 2. The van der Waals surface area contributed by atoms with Crippen molar-refractivity contribution in [3.05, 3.63) is 46.1 Å². The van der Waals surface area contributed by atoms with Crippen molar-refractivity contribution in [1.29, 1.82) is 0 Å². The second-order valence-corrected chi connectivity index (χ2v) is 5.51. The summed E-state index contributed by atoms with van der Waals surface area (Å²) >= 11 is 0. The van der Waals surface area contributed by atoms with Crippen LogP contribution in [0.15, 0.2) is 33.7 Å². The van der Waals surface area contributed by atoms with Crippen LogP contribution in [0.1, 0.15) is 31.5 Å². The van der Waals surface area contributed by atoms with Crippen LogP contribution in [0, 0.1) is 6.92 Å².